The molecule has 0 aliphatic carbocycles. The molecule has 7 heteroatoms. The maximum atomic E-state index is 10.8. The van der Waals surface area contributed by atoms with E-state index in [1.165, 1.54) is 18.2 Å². The van der Waals surface area contributed by atoms with E-state index < -0.39 is 4.92 Å². The van der Waals surface area contributed by atoms with Crippen molar-refractivity contribution in [3.63, 3.8) is 0 Å². The Hall–Kier alpha value is -3.14. The van der Waals surface area contributed by atoms with Crippen LogP contribution >= 0.6 is 0 Å². The van der Waals surface area contributed by atoms with Crippen molar-refractivity contribution < 1.29 is 9.66 Å². The van der Waals surface area contributed by atoms with E-state index in [0.717, 1.165) is 0 Å². The molecule has 0 atom stereocenters. The van der Waals surface area contributed by atoms with Crippen LogP contribution in [0.25, 0.3) is 0 Å². The summed E-state index contributed by atoms with van der Waals surface area (Å²) >= 11 is 0. The van der Waals surface area contributed by atoms with Gasteiger partial charge in [0, 0.05) is 17.8 Å². The number of nitriles is 1. The van der Waals surface area contributed by atoms with E-state index in [2.05, 4.69) is 10.3 Å². The van der Waals surface area contributed by atoms with Crippen LogP contribution in [0, 0.1) is 21.4 Å². The molecule has 0 spiro atoms. The first-order chi connectivity index (χ1) is 10.1. The highest BCUT2D eigenvalue weighted by Crippen LogP contribution is 2.24. The smallest absolute Gasteiger partial charge is 0.287 e. The Kier molecular flexibility index (Phi) is 4.31. The first-order valence-electron chi connectivity index (χ1n) is 6.18. The third-order valence-corrected chi connectivity index (χ3v) is 2.63. The lowest BCUT2D eigenvalue weighted by Crippen LogP contribution is -1.97. The minimum absolute atomic E-state index is 0.00361. The van der Waals surface area contributed by atoms with Crippen LogP contribution < -0.4 is 10.1 Å². The lowest BCUT2D eigenvalue weighted by molar-refractivity contribution is -0.385. The third kappa shape index (κ3) is 3.45. The van der Waals surface area contributed by atoms with Gasteiger partial charge < -0.3 is 10.1 Å². The molecular formula is C14H12N4O3. The number of hydrogen-bond acceptors (Lipinski definition) is 6. The monoisotopic (exact) mass is 284 g/mol. The number of nitro benzene ring substituents is 1. The first kappa shape index (κ1) is 14.3. The average Bonchev–Trinajstić information content (AvgIpc) is 2.49. The standard InChI is InChI=1S/C14H12N4O3/c1-2-21-14-6-4-12(9-16-14)17-11-3-5-13(18(19)20)10(7-11)8-15/h3-7,9,17H,2H2,1H3. The van der Waals surface area contributed by atoms with Gasteiger partial charge in [-0.1, -0.05) is 0 Å². The number of nitro groups is 1. The lowest BCUT2D eigenvalue weighted by atomic mass is 10.1. The van der Waals surface area contributed by atoms with Gasteiger partial charge in [-0.2, -0.15) is 5.26 Å². The second-order valence-electron chi connectivity index (χ2n) is 4.04. The van der Waals surface area contributed by atoms with Crippen molar-refractivity contribution in [2.75, 3.05) is 11.9 Å². The van der Waals surface area contributed by atoms with Crippen molar-refractivity contribution in [3.8, 4) is 11.9 Å². The van der Waals surface area contributed by atoms with Gasteiger partial charge >= 0.3 is 0 Å². The lowest BCUT2D eigenvalue weighted by Gasteiger charge is -2.07. The predicted octanol–water partition coefficient (Wildman–Crippen LogP) is 3.00. The van der Waals surface area contributed by atoms with Crippen LogP contribution in [0.15, 0.2) is 36.5 Å². The predicted molar refractivity (Wildman–Crippen MR) is 76.5 cm³/mol. The Balaban J connectivity index is 2.20. The van der Waals surface area contributed by atoms with Crippen molar-refractivity contribution >= 4 is 17.1 Å². The summed E-state index contributed by atoms with van der Waals surface area (Å²) < 4.78 is 5.23. The van der Waals surface area contributed by atoms with Crippen molar-refractivity contribution in [1.29, 1.82) is 5.26 Å². The third-order valence-electron chi connectivity index (χ3n) is 2.63. The van der Waals surface area contributed by atoms with Crippen LogP contribution in [0.2, 0.25) is 0 Å². The Morgan fingerprint density at radius 1 is 1.38 bits per heavy atom. The van der Waals surface area contributed by atoms with Crippen LogP contribution in [0.3, 0.4) is 0 Å². The van der Waals surface area contributed by atoms with Gasteiger partial charge in [-0.3, -0.25) is 10.1 Å². The molecule has 2 rings (SSSR count). The van der Waals surface area contributed by atoms with Gasteiger partial charge in [0.1, 0.15) is 11.6 Å². The van der Waals surface area contributed by atoms with E-state index in [1.807, 2.05) is 13.0 Å². The molecule has 0 radical (unpaired) electrons. The first-order valence-corrected chi connectivity index (χ1v) is 6.18. The molecule has 1 N–H and O–H groups in total. The van der Waals surface area contributed by atoms with Gasteiger partial charge in [0.25, 0.3) is 5.69 Å². The summed E-state index contributed by atoms with van der Waals surface area (Å²) in [5, 5.41) is 22.7. The Morgan fingerprint density at radius 2 is 2.14 bits per heavy atom. The highest BCUT2D eigenvalue weighted by Gasteiger charge is 2.13. The quantitative estimate of drug-likeness (QED) is 0.669. The number of aromatic nitrogens is 1. The zero-order valence-corrected chi connectivity index (χ0v) is 11.2. The van der Waals surface area contributed by atoms with Crippen molar-refractivity contribution in [2.24, 2.45) is 0 Å². The van der Waals surface area contributed by atoms with Crippen LogP contribution in [0.4, 0.5) is 17.1 Å². The summed E-state index contributed by atoms with van der Waals surface area (Å²) in [5.74, 6) is 0.518. The minimum Gasteiger partial charge on any atom is -0.478 e. The Bertz CT molecular complexity index is 692. The summed E-state index contributed by atoms with van der Waals surface area (Å²) in [5.41, 5.74) is 1.05. The normalized spacial score (nSPS) is 9.71. The van der Waals surface area contributed by atoms with Crippen LogP contribution in [0.5, 0.6) is 5.88 Å². The van der Waals surface area contributed by atoms with Crippen LogP contribution in [-0.2, 0) is 0 Å². The number of anilines is 2. The molecule has 0 bridgehead atoms. The molecule has 0 saturated heterocycles. The number of nitrogens with zero attached hydrogens (tertiary/aromatic N) is 3. The van der Waals surface area contributed by atoms with Crippen molar-refractivity contribution in [1.82, 2.24) is 4.98 Å². The van der Waals surface area contributed by atoms with E-state index >= 15 is 0 Å². The number of nitrogens with one attached hydrogen (secondary N) is 1. The van der Waals surface area contributed by atoms with Gasteiger partial charge in [-0.15, -0.1) is 0 Å². The van der Waals surface area contributed by atoms with E-state index in [4.69, 9.17) is 10.00 Å². The van der Waals surface area contributed by atoms with E-state index in [9.17, 15) is 10.1 Å². The van der Waals surface area contributed by atoms with Gasteiger partial charge in [-0.25, -0.2) is 4.98 Å². The van der Waals surface area contributed by atoms with Gasteiger partial charge in [0.05, 0.1) is 23.4 Å². The van der Waals surface area contributed by atoms with Gasteiger partial charge in [-0.05, 0) is 25.1 Å². The summed E-state index contributed by atoms with van der Waals surface area (Å²) in [6, 6.07) is 9.55. The maximum absolute atomic E-state index is 10.8. The maximum Gasteiger partial charge on any atom is 0.287 e. The zero-order chi connectivity index (χ0) is 15.2. The highest BCUT2D eigenvalue weighted by atomic mass is 16.6. The minimum atomic E-state index is -0.583. The molecule has 0 saturated carbocycles. The van der Waals surface area contributed by atoms with E-state index in [-0.39, 0.29) is 11.3 Å². The summed E-state index contributed by atoms with van der Waals surface area (Å²) in [7, 11) is 0. The molecule has 106 valence electrons. The molecule has 0 fully saturated rings. The molecule has 7 nitrogen and oxygen atoms in total. The zero-order valence-electron chi connectivity index (χ0n) is 11.2. The Morgan fingerprint density at radius 3 is 2.71 bits per heavy atom. The molecule has 2 aromatic rings. The van der Waals surface area contributed by atoms with Crippen molar-refractivity contribution in [3.05, 3.63) is 52.2 Å². The van der Waals surface area contributed by atoms with Gasteiger partial charge in [0.15, 0.2) is 0 Å². The number of rotatable bonds is 5. The average molecular weight is 284 g/mol. The molecule has 1 aromatic carbocycles. The van der Waals surface area contributed by atoms with Gasteiger partial charge in [0.2, 0.25) is 5.88 Å². The molecule has 21 heavy (non-hydrogen) atoms. The second-order valence-corrected chi connectivity index (χ2v) is 4.04. The van der Waals surface area contributed by atoms with E-state index in [0.29, 0.717) is 23.9 Å². The fraction of sp³-hybridized carbons (Fsp3) is 0.143. The number of ether oxygens (including phenoxy) is 1. The number of hydrogen-bond donors (Lipinski definition) is 1. The molecule has 1 aromatic heterocycles. The molecule has 0 aliphatic rings. The molecule has 0 aliphatic heterocycles. The summed E-state index contributed by atoms with van der Waals surface area (Å²) in [6.07, 6.45) is 1.58. The largest absolute Gasteiger partial charge is 0.478 e. The highest BCUT2D eigenvalue weighted by molar-refractivity contribution is 5.64. The second kappa shape index (κ2) is 6.34. The topological polar surface area (TPSA) is 101 Å². The Labute approximate surface area is 121 Å². The summed E-state index contributed by atoms with van der Waals surface area (Å²) in [6.45, 7) is 2.40. The summed E-state index contributed by atoms with van der Waals surface area (Å²) in [4.78, 5) is 14.3. The molecule has 1 heterocycles. The number of benzene rings is 1. The fourth-order valence-corrected chi connectivity index (χ4v) is 1.72. The van der Waals surface area contributed by atoms with Crippen LogP contribution in [0.1, 0.15) is 12.5 Å². The fourth-order valence-electron chi connectivity index (χ4n) is 1.72. The SMILES string of the molecule is CCOc1ccc(Nc2ccc([N+](=O)[O-])c(C#N)c2)cn1. The number of pyridine rings is 1. The molecule has 0 amide bonds. The molecular weight excluding hydrogens is 272 g/mol. The molecule has 0 unspecified atom stereocenters. The van der Waals surface area contributed by atoms with E-state index in [1.54, 1.807) is 18.3 Å². The van der Waals surface area contributed by atoms with Crippen molar-refractivity contribution in [2.45, 2.75) is 6.92 Å². The van der Waals surface area contributed by atoms with Crippen LogP contribution in [-0.4, -0.2) is 16.5 Å².